The second-order valence-corrected chi connectivity index (χ2v) is 8.08. The summed E-state index contributed by atoms with van der Waals surface area (Å²) in [4.78, 5) is 14.8. The van der Waals surface area contributed by atoms with E-state index in [0.717, 1.165) is 43.0 Å². The van der Waals surface area contributed by atoms with E-state index >= 15 is 4.39 Å². The van der Waals surface area contributed by atoms with E-state index in [1.807, 2.05) is 42.5 Å². The van der Waals surface area contributed by atoms with Gasteiger partial charge in [0, 0.05) is 37.4 Å². The highest BCUT2D eigenvalue weighted by molar-refractivity contribution is 5.84. The van der Waals surface area contributed by atoms with Crippen LogP contribution in [0.2, 0.25) is 0 Å². The van der Waals surface area contributed by atoms with Gasteiger partial charge < -0.3 is 15.5 Å². The van der Waals surface area contributed by atoms with E-state index in [4.69, 9.17) is 5.26 Å². The fourth-order valence-corrected chi connectivity index (χ4v) is 3.90. The largest absolute Gasteiger partial charge is 0.369 e. The number of carbonyl (C=O) groups excluding carboxylic acids is 1. The predicted octanol–water partition coefficient (Wildman–Crippen LogP) is 3.67. The molecule has 0 aromatic heterocycles. The van der Waals surface area contributed by atoms with Gasteiger partial charge in [-0.05, 0) is 41.7 Å². The number of piperazine rings is 1. The number of benzene rings is 2. The molecular formula is C24H29FN4O. The molecule has 1 fully saturated rings. The van der Waals surface area contributed by atoms with Gasteiger partial charge in [-0.2, -0.15) is 5.26 Å². The van der Waals surface area contributed by atoms with Crippen molar-refractivity contribution in [3.63, 3.8) is 0 Å². The van der Waals surface area contributed by atoms with Crippen LogP contribution in [0, 0.1) is 23.1 Å². The predicted molar refractivity (Wildman–Crippen MR) is 118 cm³/mol. The summed E-state index contributed by atoms with van der Waals surface area (Å²) in [5.41, 5.74) is 3.00. The Bertz CT molecular complexity index is 916. The average Bonchev–Trinajstić information content (AvgIpc) is 2.76. The number of anilines is 1. The van der Waals surface area contributed by atoms with E-state index in [9.17, 15) is 4.79 Å². The molecule has 0 aliphatic carbocycles. The van der Waals surface area contributed by atoms with Crippen LogP contribution in [-0.2, 0) is 4.79 Å². The van der Waals surface area contributed by atoms with E-state index in [1.165, 1.54) is 0 Å². The van der Waals surface area contributed by atoms with Gasteiger partial charge in [0.1, 0.15) is 12.4 Å². The highest BCUT2D eigenvalue weighted by Gasteiger charge is 2.22. The van der Waals surface area contributed by atoms with Crippen molar-refractivity contribution in [3.05, 3.63) is 53.8 Å². The second kappa shape index (κ2) is 10.2. The zero-order valence-corrected chi connectivity index (χ0v) is 17.6. The Balaban J connectivity index is 1.87. The van der Waals surface area contributed by atoms with E-state index in [-0.39, 0.29) is 24.2 Å². The molecule has 2 aromatic carbocycles. The van der Waals surface area contributed by atoms with Crippen LogP contribution < -0.4 is 15.5 Å². The van der Waals surface area contributed by atoms with Crippen molar-refractivity contribution in [1.82, 2.24) is 10.6 Å². The summed E-state index contributed by atoms with van der Waals surface area (Å²) < 4.78 is 15.0. The summed E-state index contributed by atoms with van der Waals surface area (Å²) in [7, 11) is 0. The number of nitrogens with one attached hydrogen (secondary N) is 2. The average molecular weight is 409 g/mol. The normalized spacial score (nSPS) is 15.0. The van der Waals surface area contributed by atoms with E-state index in [1.54, 1.807) is 6.07 Å². The summed E-state index contributed by atoms with van der Waals surface area (Å²) in [5.74, 6) is -0.502. The van der Waals surface area contributed by atoms with Crippen LogP contribution in [0.1, 0.15) is 31.7 Å². The van der Waals surface area contributed by atoms with Crippen LogP contribution in [0.15, 0.2) is 42.5 Å². The Morgan fingerprint density at radius 1 is 1.23 bits per heavy atom. The van der Waals surface area contributed by atoms with Crippen molar-refractivity contribution >= 4 is 11.6 Å². The molecule has 3 rings (SSSR count). The molecule has 1 heterocycles. The quantitative estimate of drug-likeness (QED) is 0.686. The standard InChI is InChI=1S/C24H29FN4O/c1-17(2)14-22(24(30)28-9-8-26)19-5-3-4-18(15-19)21-7-6-20(16-23(21)25)29-12-10-27-11-13-29/h3-7,15-17,22,27H,9-14H2,1-2H3,(H,28,30)/t22-/m1/s1. The van der Waals surface area contributed by atoms with Crippen molar-refractivity contribution in [1.29, 1.82) is 5.26 Å². The number of rotatable bonds is 7. The first-order valence-corrected chi connectivity index (χ1v) is 10.5. The molecule has 0 unspecified atom stereocenters. The molecular weight excluding hydrogens is 379 g/mol. The van der Waals surface area contributed by atoms with E-state index in [0.29, 0.717) is 17.9 Å². The van der Waals surface area contributed by atoms with Crippen LogP contribution in [0.25, 0.3) is 11.1 Å². The number of nitriles is 1. The molecule has 1 atom stereocenters. The monoisotopic (exact) mass is 408 g/mol. The fraction of sp³-hybridized carbons (Fsp3) is 0.417. The van der Waals surface area contributed by atoms with Crippen molar-refractivity contribution in [2.75, 3.05) is 37.6 Å². The van der Waals surface area contributed by atoms with Gasteiger partial charge in [-0.15, -0.1) is 0 Å². The molecule has 158 valence electrons. The summed E-state index contributed by atoms with van der Waals surface area (Å²) >= 11 is 0. The molecule has 1 aliphatic rings. The summed E-state index contributed by atoms with van der Waals surface area (Å²) in [6, 6.07) is 14.8. The second-order valence-electron chi connectivity index (χ2n) is 8.08. The lowest BCUT2D eigenvalue weighted by Gasteiger charge is -2.29. The van der Waals surface area contributed by atoms with Crippen molar-refractivity contribution < 1.29 is 9.18 Å². The summed E-state index contributed by atoms with van der Waals surface area (Å²) in [6.07, 6.45) is 0.658. The van der Waals surface area contributed by atoms with E-state index in [2.05, 4.69) is 29.4 Å². The molecule has 30 heavy (non-hydrogen) atoms. The SMILES string of the molecule is CC(C)C[C@@H](C(=O)NCC#N)c1cccc(-c2ccc(N3CCNCC3)cc2F)c1. The van der Waals surface area contributed by atoms with Gasteiger partial charge in [0.25, 0.3) is 0 Å². The highest BCUT2D eigenvalue weighted by Crippen LogP contribution is 2.31. The van der Waals surface area contributed by atoms with Crippen LogP contribution in [0.4, 0.5) is 10.1 Å². The molecule has 6 heteroatoms. The van der Waals surface area contributed by atoms with Crippen LogP contribution >= 0.6 is 0 Å². The lowest BCUT2D eigenvalue weighted by atomic mass is 9.88. The molecule has 1 saturated heterocycles. The van der Waals surface area contributed by atoms with Crippen molar-refractivity contribution in [2.45, 2.75) is 26.2 Å². The number of nitrogens with zero attached hydrogens (tertiary/aromatic N) is 2. The maximum atomic E-state index is 15.0. The molecule has 0 spiro atoms. The van der Waals surface area contributed by atoms with Gasteiger partial charge in [-0.1, -0.05) is 38.1 Å². The lowest BCUT2D eigenvalue weighted by Crippen LogP contribution is -2.43. The maximum Gasteiger partial charge on any atom is 0.228 e. The van der Waals surface area contributed by atoms with Gasteiger partial charge in [0.05, 0.1) is 12.0 Å². The first-order valence-electron chi connectivity index (χ1n) is 10.5. The molecule has 2 N–H and O–H groups in total. The maximum absolute atomic E-state index is 15.0. The minimum Gasteiger partial charge on any atom is -0.369 e. The first-order chi connectivity index (χ1) is 14.5. The zero-order valence-electron chi connectivity index (χ0n) is 17.6. The molecule has 0 bridgehead atoms. The number of halogens is 1. The highest BCUT2D eigenvalue weighted by atomic mass is 19.1. The van der Waals surface area contributed by atoms with Crippen LogP contribution in [-0.4, -0.2) is 38.6 Å². The molecule has 5 nitrogen and oxygen atoms in total. The lowest BCUT2D eigenvalue weighted by molar-refractivity contribution is -0.122. The number of hydrogen-bond donors (Lipinski definition) is 2. The molecule has 0 radical (unpaired) electrons. The zero-order chi connectivity index (χ0) is 21.5. The minimum atomic E-state index is -0.374. The van der Waals surface area contributed by atoms with Gasteiger partial charge in [0.2, 0.25) is 5.91 Å². The summed E-state index contributed by atoms with van der Waals surface area (Å²) in [6.45, 7) is 7.63. The van der Waals surface area contributed by atoms with Gasteiger partial charge in [-0.25, -0.2) is 4.39 Å². The van der Waals surface area contributed by atoms with Gasteiger partial charge in [-0.3, -0.25) is 4.79 Å². The third kappa shape index (κ3) is 5.37. The molecule has 2 aromatic rings. The Morgan fingerprint density at radius 3 is 2.67 bits per heavy atom. The van der Waals surface area contributed by atoms with Crippen LogP contribution in [0.3, 0.4) is 0 Å². The Hall–Kier alpha value is -2.91. The Kier molecular flexibility index (Phi) is 7.42. The van der Waals surface area contributed by atoms with Gasteiger partial charge in [0.15, 0.2) is 0 Å². The van der Waals surface area contributed by atoms with E-state index < -0.39 is 0 Å². The molecule has 1 aliphatic heterocycles. The fourth-order valence-electron chi connectivity index (χ4n) is 3.90. The van der Waals surface area contributed by atoms with Gasteiger partial charge >= 0.3 is 0 Å². The smallest absolute Gasteiger partial charge is 0.228 e. The number of hydrogen-bond acceptors (Lipinski definition) is 4. The number of carbonyl (C=O) groups is 1. The van der Waals surface area contributed by atoms with Crippen molar-refractivity contribution in [3.8, 4) is 17.2 Å². The third-order valence-corrected chi connectivity index (χ3v) is 5.40. The Labute approximate surface area is 177 Å². The topological polar surface area (TPSA) is 68.2 Å². The number of amides is 1. The minimum absolute atomic E-state index is 0.0186. The van der Waals surface area contributed by atoms with Crippen LogP contribution in [0.5, 0.6) is 0 Å². The molecule has 0 saturated carbocycles. The first kappa shape index (κ1) is 21.8. The summed E-state index contributed by atoms with van der Waals surface area (Å²) in [5, 5.41) is 14.7. The Morgan fingerprint density at radius 2 is 2.00 bits per heavy atom. The van der Waals surface area contributed by atoms with Crippen molar-refractivity contribution in [2.24, 2.45) is 5.92 Å². The molecule has 1 amide bonds. The third-order valence-electron chi connectivity index (χ3n) is 5.40.